The van der Waals surface area contributed by atoms with Crippen LogP contribution in [0.2, 0.25) is 0 Å². The molecule has 0 amide bonds. The van der Waals surface area contributed by atoms with Crippen LogP contribution in [0.4, 0.5) is 0 Å². The molecule has 176 valence electrons. The molecule has 1 unspecified atom stereocenters. The molecule has 0 N–H and O–H groups in total. The SMILES string of the molecule is CCOC(=O)c1ccc(CC(C)CSc2cc(C)c(-c3ccc(C(C)(C)C)cc3)c(C)c2)s1. The molecule has 0 fully saturated rings. The molecular weight excluding hydrogens is 444 g/mol. The largest absolute Gasteiger partial charge is 0.462 e. The zero-order chi connectivity index (χ0) is 24.2. The van der Waals surface area contributed by atoms with E-state index in [0.29, 0.717) is 17.4 Å². The van der Waals surface area contributed by atoms with Gasteiger partial charge in [0, 0.05) is 15.5 Å². The third kappa shape index (κ3) is 6.74. The summed E-state index contributed by atoms with van der Waals surface area (Å²) >= 11 is 3.47. The molecule has 33 heavy (non-hydrogen) atoms. The van der Waals surface area contributed by atoms with Gasteiger partial charge in [-0.1, -0.05) is 52.0 Å². The predicted molar refractivity (Wildman–Crippen MR) is 144 cm³/mol. The summed E-state index contributed by atoms with van der Waals surface area (Å²) in [6.07, 6.45) is 0.979. The molecule has 0 aliphatic heterocycles. The van der Waals surface area contributed by atoms with Crippen molar-refractivity contribution in [3.63, 3.8) is 0 Å². The Kier molecular flexibility index (Phi) is 8.47. The van der Waals surface area contributed by atoms with Gasteiger partial charge in [-0.25, -0.2) is 4.79 Å². The minimum atomic E-state index is -0.213. The molecule has 1 heterocycles. The highest BCUT2D eigenvalue weighted by Gasteiger charge is 2.15. The van der Waals surface area contributed by atoms with Gasteiger partial charge in [-0.3, -0.25) is 0 Å². The second kappa shape index (κ2) is 10.9. The molecule has 3 rings (SSSR count). The van der Waals surface area contributed by atoms with Crippen molar-refractivity contribution in [1.82, 2.24) is 0 Å². The first kappa shape index (κ1) is 25.6. The Labute approximate surface area is 207 Å². The van der Waals surface area contributed by atoms with Gasteiger partial charge >= 0.3 is 5.97 Å². The van der Waals surface area contributed by atoms with E-state index in [1.807, 2.05) is 24.8 Å². The second-order valence-electron chi connectivity index (χ2n) is 9.87. The molecular formula is C29H36O2S2. The number of esters is 1. The van der Waals surface area contributed by atoms with E-state index in [1.165, 1.54) is 37.6 Å². The van der Waals surface area contributed by atoms with Crippen molar-refractivity contribution in [2.24, 2.45) is 5.92 Å². The van der Waals surface area contributed by atoms with Crippen molar-refractivity contribution >= 4 is 29.1 Å². The van der Waals surface area contributed by atoms with Crippen molar-refractivity contribution in [1.29, 1.82) is 0 Å². The Bertz CT molecular complexity index is 1060. The fourth-order valence-corrected chi connectivity index (χ4v) is 6.22. The van der Waals surface area contributed by atoms with Crippen molar-refractivity contribution < 1.29 is 9.53 Å². The van der Waals surface area contributed by atoms with Crippen molar-refractivity contribution in [3.8, 4) is 11.1 Å². The maximum Gasteiger partial charge on any atom is 0.348 e. The third-order valence-electron chi connectivity index (χ3n) is 5.77. The van der Waals surface area contributed by atoms with Crippen LogP contribution in [0.25, 0.3) is 11.1 Å². The fraction of sp³-hybridized carbons (Fsp3) is 0.414. The molecule has 1 atom stereocenters. The third-order valence-corrected chi connectivity index (χ3v) is 8.16. The molecule has 0 saturated heterocycles. The molecule has 0 aliphatic rings. The molecule has 2 nitrogen and oxygen atoms in total. The number of benzene rings is 2. The van der Waals surface area contributed by atoms with Gasteiger partial charge < -0.3 is 4.74 Å². The van der Waals surface area contributed by atoms with Crippen molar-refractivity contribution in [3.05, 3.63) is 75.0 Å². The highest BCUT2D eigenvalue weighted by atomic mass is 32.2. The highest BCUT2D eigenvalue weighted by Crippen LogP contribution is 2.34. The topological polar surface area (TPSA) is 26.3 Å². The molecule has 4 heteroatoms. The van der Waals surface area contributed by atoms with Gasteiger partial charge in [0.2, 0.25) is 0 Å². The average molecular weight is 481 g/mol. The van der Waals surface area contributed by atoms with Crippen LogP contribution in [0.1, 0.15) is 65.9 Å². The van der Waals surface area contributed by atoms with E-state index in [4.69, 9.17) is 4.74 Å². The van der Waals surface area contributed by atoms with Crippen molar-refractivity contribution in [2.45, 2.75) is 65.2 Å². The number of rotatable bonds is 8. The zero-order valence-electron chi connectivity index (χ0n) is 21.0. The van der Waals surface area contributed by atoms with Gasteiger partial charge in [-0.2, -0.15) is 0 Å². The summed E-state index contributed by atoms with van der Waals surface area (Å²) in [5, 5.41) is 0. The molecule has 1 aromatic heterocycles. The molecule has 3 aromatic rings. The zero-order valence-corrected chi connectivity index (χ0v) is 22.6. The number of aryl methyl sites for hydroxylation is 2. The lowest BCUT2D eigenvalue weighted by molar-refractivity contribution is 0.0532. The van der Waals surface area contributed by atoms with E-state index < -0.39 is 0 Å². The van der Waals surface area contributed by atoms with E-state index in [-0.39, 0.29) is 11.4 Å². The number of thiophene rings is 1. The Morgan fingerprint density at radius 3 is 2.24 bits per heavy atom. The first-order chi connectivity index (χ1) is 15.6. The van der Waals surface area contributed by atoms with Gasteiger partial charge in [-0.05, 0) is 90.6 Å². The number of hydrogen-bond acceptors (Lipinski definition) is 4. The molecule has 0 bridgehead atoms. The normalized spacial score (nSPS) is 12.6. The number of ether oxygens (including phenoxy) is 1. The molecule has 0 radical (unpaired) electrons. The average Bonchev–Trinajstić information content (AvgIpc) is 3.20. The maximum absolute atomic E-state index is 11.9. The summed E-state index contributed by atoms with van der Waals surface area (Å²) in [5.74, 6) is 1.36. The number of carbonyl (C=O) groups excluding carboxylic acids is 1. The second-order valence-corrected chi connectivity index (χ2v) is 12.1. The maximum atomic E-state index is 11.9. The van der Waals surface area contributed by atoms with Crippen LogP contribution in [0.15, 0.2) is 53.4 Å². The summed E-state index contributed by atoms with van der Waals surface area (Å²) in [6.45, 7) is 15.7. The van der Waals surface area contributed by atoms with Gasteiger partial charge in [0.15, 0.2) is 0 Å². The first-order valence-corrected chi connectivity index (χ1v) is 13.5. The lowest BCUT2D eigenvalue weighted by atomic mass is 9.85. The minimum absolute atomic E-state index is 0.170. The van der Waals surface area contributed by atoms with Crippen molar-refractivity contribution in [2.75, 3.05) is 12.4 Å². The minimum Gasteiger partial charge on any atom is -0.462 e. The smallest absolute Gasteiger partial charge is 0.348 e. The molecule has 0 spiro atoms. The lowest BCUT2D eigenvalue weighted by Crippen LogP contribution is -2.10. The van der Waals surface area contributed by atoms with Crippen LogP contribution in [0, 0.1) is 19.8 Å². The summed E-state index contributed by atoms with van der Waals surface area (Å²) in [7, 11) is 0. The quantitative estimate of drug-likeness (QED) is 0.239. The summed E-state index contributed by atoms with van der Waals surface area (Å²) in [6, 6.07) is 17.6. The van der Waals surface area contributed by atoms with E-state index >= 15 is 0 Å². The number of hydrogen-bond donors (Lipinski definition) is 0. The van der Waals surface area contributed by atoms with Crippen LogP contribution in [0.5, 0.6) is 0 Å². The Morgan fingerprint density at radius 2 is 1.67 bits per heavy atom. The van der Waals surface area contributed by atoms with Gasteiger partial charge in [0.05, 0.1) is 6.61 Å². The number of thioether (sulfide) groups is 1. The lowest BCUT2D eigenvalue weighted by Gasteiger charge is -2.20. The van der Waals surface area contributed by atoms with Crippen LogP contribution < -0.4 is 0 Å². The van der Waals surface area contributed by atoms with E-state index in [2.05, 4.69) is 84.0 Å². The van der Waals surface area contributed by atoms with Gasteiger partial charge in [-0.15, -0.1) is 23.1 Å². The molecule has 0 aliphatic carbocycles. The van der Waals surface area contributed by atoms with Crippen LogP contribution >= 0.6 is 23.1 Å². The number of carbonyl (C=O) groups is 1. The Hall–Kier alpha value is -2.04. The summed E-state index contributed by atoms with van der Waals surface area (Å²) < 4.78 is 5.10. The Morgan fingerprint density at radius 1 is 1.03 bits per heavy atom. The summed E-state index contributed by atoms with van der Waals surface area (Å²) in [4.78, 5) is 15.2. The molecule has 0 saturated carbocycles. The van der Waals surface area contributed by atoms with Crippen LogP contribution in [0.3, 0.4) is 0 Å². The van der Waals surface area contributed by atoms with Gasteiger partial charge in [0.25, 0.3) is 0 Å². The fourth-order valence-electron chi connectivity index (χ4n) is 4.04. The Balaban J connectivity index is 1.64. The highest BCUT2D eigenvalue weighted by molar-refractivity contribution is 7.99. The monoisotopic (exact) mass is 480 g/mol. The van der Waals surface area contributed by atoms with E-state index in [0.717, 1.165) is 12.2 Å². The first-order valence-electron chi connectivity index (χ1n) is 11.7. The van der Waals surface area contributed by atoms with Gasteiger partial charge in [0.1, 0.15) is 4.88 Å². The molecule has 2 aromatic carbocycles. The van der Waals surface area contributed by atoms with E-state index in [9.17, 15) is 4.79 Å². The summed E-state index contributed by atoms with van der Waals surface area (Å²) in [5.41, 5.74) is 6.82. The van der Waals surface area contributed by atoms with E-state index in [1.54, 1.807) is 11.3 Å². The predicted octanol–water partition coefficient (Wildman–Crippen LogP) is 8.48. The van der Waals surface area contributed by atoms with Crippen LogP contribution in [-0.2, 0) is 16.6 Å². The standard InChI is InChI=1S/C29H36O2S2/c1-8-31-28(30)26-14-13-24(33-26)15-19(2)18-32-25-16-20(3)27(21(4)17-25)22-9-11-23(12-10-22)29(5,6)7/h9-14,16-17,19H,8,15,18H2,1-7H3. The van der Waals surface area contributed by atoms with Crippen LogP contribution in [-0.4, -0.2) is 18.3 Å².